The summed E-state index contributed by atoms with van der Waals surface area (Å²) in [5.74, 6) is 0. The second kappa shape index (κ2) is 5.44. The van der Waals surface area contributed by atoms with Crippen LogP contribution in [0.25, 0.3) is 0 Å². The fourth-order valence-corrected chi connectivity index (χ4v) is 1.47. The van der Waals surface area contributed by atoms with E-state index in [-0.39, 0.29) is 6.10 Å². The first-order valence-corrected chi connectivity index (χ1v) is 4.84. The van der Waals surface area contributed by atoms with Gasteiger partial charge in [0.15, 0.2) is 0 Å². The Labute approximate surface area is 89.8 Å². The molecule has 4 heteroatoms. The lowest BCUT2D eigenvalue weighted by atomic mass is 10.2. The third-order valence-electron chi connectivity index (χ3n) is 2.01. The van der Waals surface area contributed by atoms with Gasteiger partial charge in [-0.1, -0.05) is 6.07 Å². The van der Waals surface area contributed by atoms with Crippen LogP contribution in [-0.2, 0) is 6.54 Å². The molecule has 0 radical (unpaired) electrons. The molecule has 1 aromatic rings. The Morgan fingerprint density at radius 1 is 1.67 bits per heavy atom. The lowest BCUT2D eigenvalue weighted by Crippen LogP contribution is -2.27. The van der Waals surface area contributed by atoms with Crippen LogP contribution in [0, 0.1) is 11.3 Å². The van der Waals surface area contributed by atoms with Crippen molar-refractivity contribution >= 4 is 0 Å². The maximum Gasteiger partial charge on any atom is 0.144 e. The summed E-state index contributed by atoms with van der Waals surface area (Å²) in [5.41, 5.74) is 1.35. The fraction of sp³-hybridized carbons (Fsp3) is 0.455. The van der Waals surface area contributed by atoms with E-state index in [4.69, 9.17) is 5.26 Å². The molecule has 1 atom stereocenters. The van der Waals surface area contributed by atoms with Crippen molar-refractivity contribution in [3.63, 3.8) is 0 Å². The first-order valence-electron chi connectivity index (χ1n) is 4.84. The minimum Gasteiger partial charge on any atom is -0.392 e. The van der Waals surface area contributed by atoms with Gasteiger partial charge in [0.2, 0.25) is 0 Å². The van der Waals surface area contributed by atoms with Crippen molar-refractivity contribution in [2.75, 3.05) is 13.6 Å². The highest BCUT2D eigenvalue weighted by molar-refractivity contribution is 5.30. The van der Waals surface area contributed by atoms with Crippen molar-refractivity contribution in [3.8, 4) is 6.07 Å². The summed E-state index contributed by atoms with van der Waals surface area (Å²) < 4.78 is 0. The first kappa shape index (κ1) is 11.6. The second-order valence-electron chi connectivity index (χ2n) is 3.67. The number of nitriles is 1. The molecule has 0 saturated carbocycles. The summed E-state index contributed by atoms with van der Waals surface area (Å²) in [4.78, 5) is 5.94. The van der Waals surface area contributed by atoms with Crippen LogP contribution in [-0.4, -0.2) is 34.7 Å². The zero-order valence-corrected chi connectivity index (χ0v) is 9.01. The van der Waals surface area contributed by atoms with Gasteiger partial charge in [0.25, 0.3) is 0 Å². The maximum atomic E-state index is 9.20. The summed E-state index contributed by atoms with van der Waals surface area (Å²) in [6.45, 7) is 2.95. The van der Waals surface area contributed by atoms with E-state index in [2.05, 4.69) is 11.1 Å². The molecule has 1 N–H and O–H groups in total. The molecule has 1 unspecified atom stereocenters. The molecule has 0 spiro atoms. The van der Waals surface area contributed by atoms with Crippen LogP contribution in [0.5, 0.6) is 0 Å². The number of hydrogen-bond donors (Lipinski definition) is 1. The van der Waals surface area contributed by atoms with Gasteiger partial charge in [0.1, 0.15) is 11.8 Å². The van der Waals surface area contributed by atoms with Crippen molar-refractivity contribution < 1.29 is 5.11 Å². The summed E-state index contributed by atoms with van der Waals surface area (Å²) in [6.07, 6.45) is 1.24. The molecule has 0 amide bonds. The molecule has 1 aromatic heterocycles. The third-order valence-corrected chi connectivity index (χ3v) is 2.01. The normalized spacial score (nSPS) is 12.5. The molecule has 80 valence electrons. The SMILES string of the molecule is CC(O)CN(C)Cc1cccnc1C#N. The van der Waals surface area contributed by atoms with Gasteiger partial charge >= 0.3 is 0 Å². The molecule has 0 aliphatic carbocycles. The molecule has 4 nitrogen and oxygen atoms in total. The van der Waals surface area contributed by atoms with Gasteiger partial charge in [-0.15, -0.1) is 0 Å². The van der Waals surface area contributed by atoms with E-state index in [0.717, 1.165) is 5.56 Å². The minimum atomic E-state index is -0.364. The van der Waals surface area contributed by atoms with E-state index in [9.17, 15) is 5.11 Å². The number of likely N-dealkylation sites (N-methyl/N-ethyl adjacent to an activating group) is 1. The van der Waals surface area contributed by atoms with Gasteiger partial charge in [-0.25, -0.2) is 4.98 Å². The quantitative estimate of drug-likeness (QED) is 0.788. The summed E-state index contributed by atoms with van der Waals surface area (Å²) in [6, 6.07) is 5.74. The number of aliphatic hydroxyl groups excluding tert-OH is 1. The van der Waals surface area contributed by atoms with Gasteiger partial charge in [-0.05, 0) is 20.0 Å². The lowest BCUT2D eigenvalue weighted by molar-refractivity contribution is 0.138. The molecule has 0 aliphatic heterocycles. The van der Waals surface area contributed by atoms with Crippen LogP contribution in [0.1, 0.15) is 18.2 Å². The highest BCUT2D eigenvalue weighted by Gasteiger charge is 2.07. The predicted octanol–water partition coefficient (Wildman–Crippen LogP) is 0.766. The van der Waals surface area contributed by atoms with Crippen LogP contribution in [0.3, 0.4) is 0 Å². The monoisotopic (exact) mass is 205 g/mol. The van der Waals surface area contributed by atoms with Crippen LogP contribution >= 0.6 is 0 Å². The molecular weight excluding hydrogens is 190 g/mol. The van der Waals surface area contributed by atoms with E-state index in [1.807, 2.05) is 24.1 Å². The fourth-order valence-electron chi connectivity index (χ4n) is 1.47. The zero-order chi connectivity index (χ0) is 11.3. The highest BCUT2D eigenvalue weighted by Crippen LogP contribution is 2.07. The van der Waals surface area contributed by atoms with Gasteiger partial charge < -0.3 is 5.11 Å². The van der Waals surface area contributed by atoms with Gasteiger partial charge in [-0.3, -0.25) is 4.90 Å². The van der Waals surface area contributed by atoms with E-state index in [1.165, 1.54) is 0 Å². The Morgan fingerprint density at radius 2 is 2.40 bits per heavy atom. The number of nitrogens with zero attached hydrogens (tertiary/aromatic N) is 3. The molecule has 1 heterocycles. The topological polar surface area (TPSA) is 60.1 Å². The first-order chi connectivity index (χ1) is 7.13. The zero-order valence-electron chi connectivity index (χ0n) is 9.01. The molecule has 0 bridgehead atoms. The Bertz CT molecular complexity index is 357. The number of rotatable bonds is 4. The molecule has 0 fully saturated rings. The Morgan fingerprint density at radius 3 is 3.00 bits per heavy atom. The van der Waals surface area contributed by atoms with Crippen molar-refractivity contribution in [1.82, 2.24) is 9.88 Å². The van der Waals surface area contributed by atoms with E-state index < -0.39 is 0 Å². The van der Waals surface area contributed by atoms with Crippen LogP contribution in [0.2, 0.25) is 0 Å². The van der Waals surface area contributed by atoms with Crippen LogP contribution < -0.4 is 0 Å². The van der Waals surface area contributed by atoms with E-state index >= 15 is 0 Å². The van der Waals surface area contributed by atoms with E-state index in [1.54, 1.807) is 13.1 Å². The van der Waals surface area contributed by atoms with Gasteiger partial charge in [-0.2, -0.15) is 5.26 Å². The maximum absolute atomic E-state index is 9.20. The van der Waals surface area contributed by atoms with Crippen LogP contribution in [0.15, 0.2) is 18.3 Å². The standard InChI is InChI=1S/C11H15N3O/c1-9(15)7-14(2)8-10-4-3-5-13-11(10)6-12/h3-5,9,15H,7-8H2,1-2H3. The highest BCUT2D eigenvalue weighted by atomic mass is 16.3. The number of hydrogen-bond acceptors (Lipinski definition) is 4. The molecule has 15 heavy (non-hydrogen) atoms. The molecule has 0 aliphatic rings. The van der Waals surface area contributed by atoms with Crippen molar-refractivity contribution in [2.24, 2.45) is 0 Å². The largest absolute Gasteiger partial charge is 0.392 e. The number of aliphatic hydroxyl groups is 1. The summed E-state index contributed by atoms with van der Waals surface area (Å²) >= 11 is 0. The molecule has 0 saturated heterocycles. The summed E-state index contributed by atoms with van der Waals surface area (Å²) in [5, 5.41) is 18.0. The average Bonchev–Trinajstić information content (AvgIpc) is 2.17. The van der Waals surface area contributed by atoms with Gasteiger partial charge in [0, 0.05) is 24.8 Å². The smallest absolute Gasteiger partial charge is 0.144 e. The predicted molar refractivity (Wildman–Crippen MR) is 57.0 cm³/mol. The van der Waals surface area contributed by atoms with Crippen molar-refractivity contribution in [1.29, 1.82) is 5.26 Å². The molecular formula is C11H15N3O. The Balaban J connectivity index is 2.68. The average molecular weight is 205 g/mol. The molecule has 0 aromatic carbocycles. The molecule has 1 rings (SSSR count). The van der Waals surface area contributed by atoms with Gasteiger partial charge in [0.05, 0.1) is 6.10 Å². The minimum absolute atomic E-state index is 0.364. The second-order valence-corrected chi connectivity index (χ2v) is 3.67. The Hall–Kier alpha value is -1.44. The number of aromatic nitrogens is 1. The Kier molecular flexibility index (Phi) is 4.22. The van der Waals surface area contributed by atoms with Crippen molar-refractivity contribution in [3.05, 3.63) is 29.6 Å². The summed E-state index contributed by atoms with van der Waals surface area (Å²) in [7, 11) is 1.90. The van der Waals surface area contributed by atoms with Crippen LogP contribution in [0.4, 0.5) is 0 Å². The number of pyridine rings is 1. The lowest BCUT2D eigenvalue weighted by Gasteiger charge is -2.18. The van der Waals surface area contributed by atoms with E-state index in [0.29, 0.717) is 18.8 Å². The van der Waals surface area contributed by atoms with Crippen molar-refractivity contribution in [2.45, 2.75) is 19.6 Å². The third kappa shape index (κ3) is 3.66.